The molecule has 0 aliphatic carbocycles. The topological polar surface area (TPSA) is 51.2 Å². The highest BCUT2D eigenvalue weighted by Gasteiger charge is 2.37. The van der Waals surface area contributed by atoms with E-state index < -0.39 is 0 Å². The molecule has 0 radical (unpaired) electrons. The van der Waals surface area contributed by atoms with Crippen LogP contribution >= 0.6 is 22.6 Å². The number of alkyl halides is 1. The van der Waals surface area contributed by atoms with Crippen molar-refractivity contribution in [3.8, 4) is 17.2 Å². The lowest BCUT2D eigenvalue weighted by atomic mass is 9.90. The number of benzene rings is 1. The van der Waals surface area contributed by atoms with E-state index in [2.05, 4.69) is 27.5 Å². The molecular weight excluding hydrogens is 385 g/mol. The van der Waals surface area contributed by atoms with Crippen LogP contribution in [0.4, 0.5) is 0 Å². The highest BCUT2D eigenvalue weighted by atomic mass is 127. The molecule has 1 aromatic rings. The average molecular weight is 407 g/mol. The summed E-state index contributed by atoms with van der Waals surface area (Å²) in [6.45, 7) is 1.10. The maximum absolute atomic E-state index is 9.78. The van der Waals surface area contributed by atoms with E-state index >= 15 is 0 Å². The molecule has 2 atom stereocenters. The summed E-state index contributed by atoms with van der Waals surface area (Å²) in [5.41, 5.74) is 1.02. The molecule has 1 saturated heterocycles. The Hall–Kier alpha value is -0.730. The van der Waals surface area contributed by atoms with Crippen molar-refractivity contribution in [3.05, 3.63) is 17.7 Å². The Labute approximate surface area is 139 Å². The molecule has 1 N–H and O–H groups in total. The maximum atomic E-state index is 9.78. The van der Waals surface area contributed by atoms with Gasteiger partial charge in [-0.1, -0.05) is 22.6 Å². The number of hydrogen-bond donors (Lipinski definition) is 1. The first-order valence-electron chi connectivity index (χ1n) is 6.90. The first kappa shape index (κ1) is 16.6. The van der Waals surface area contributed by atoms with E-state index in [1.807, 2.05) is 12.1 Å². The summed E-state index contributed by atoms with van der Waals surface area (Å²) in [7, 11) is 4.92. The van der Waals surface area contributed by atoms with Gasteiger partial charge in [-0.2, -0.15) is 0 Å². The van der Waals surface area contributed by atoms with Crippen molar-refractivity contribution >= 4 is 22.6 Å². The van der Waals surface area contributed by atoms with Gasteiger partial charge in [0, 0.05) is 29.7 Å². The Morgan fingerprint density at radius 2 is 1.81 bits per heavy atom. The van der Waals surface area contributed by atoms with E-state index in [-0.39, 0.29) is 18.6 Å². The Balaban J connectivity index is 2.46. The Morgan fingerprint density at radius 3 is 2.24 bits per heavy atom. The van der Waals surface area contributed by atoms with E-state index in [1.54, 1.807) is 21.3 Å². The summed E-state index contributed by atoms with van der Waals surface area (Å²) in [6, 6.07) is 3.84. The monoisotopic (exact) mass is 407 g/mol. The van der Waals surface area contributed by atoms with Crippen LogP contribution < -0.4 is 14.2 Å². The number of methoxy groups -OCH3 is 3. The molecule has 0 spiro atoms. The van der Waals surface area contributed by atoms with Crippen molar-refractivity contribution in [1.29, 1.82) is 0 Å². The molecule has 2 unspecified atom stereocenters. The fourth-order valence-corrected chi connectivity index (χ4v) is 3.89. The Morgan fingerprint density at radius 1 is 1.19 bits per heavy atom. The van der Waals surface area contributed by atoms with Gasteiger partial charge in [-0.25, -0.2) is 0 Å². The van der Waals surface area contributed by atoms with E-state index in [1.165, 1.54) is 0 Å². The summed E-state index contributed by atoms with van der Waals surface area (Å²) in [6.07, 6.45) is 0.979. The third-order valence-electron chi connectivity index (χ3n) is 4.13. The van der Waals surface area contributed by atoms with Crippen molar-refractivity contribution in [3.63, 3.8) is 0 Å². The van der Waals surface area contributed by atoms with E-state index in [9.17, 15) is 5.11 Å². The third kappa shape index (κ3) is 3.22. The van der Waals surface area contributed by atoms with E-state index in [0.29, 0.717) is 5.75 Å². The second-order valence-electron chi connectivity index (χ2n) is 5.02. The second kappa shape index (κ2) is 7.51. The lowest BCUT2D eigenvalue weighted by Crippen LogP contribution is -2.34. The van der Waals surface area contributed by atoms with Crippen LogP contribution in [0.2, 0.25) is 0 Å². The van der Waals surface area contributed by atoms with Crippen LogP contribution in [-0.4, -0.2) is 55.1 Å². The summed E-state index contributed by atoms with van der Waals surface area (Å²) < 4.78 is 17.3. The standard InChI is InChI=1S/C15H22INO4/c1-19-10-6-13(20-2)15(14(7-10)21-3)11-4-5-17(9-16)12(11)8-18/h6-7,11-12,18H,4-5,8-9H2,1-3H3. The van der Waals surface area contributed by atoms with Crippen molar-refractivity contribution in [2.45, 2.75) is 18.4 Å². The van der Waals surface area contributed by atoms with Gasteiger partial charge in [-0.3, -0.25) is 4.90 Å². The number of nitrogens with zero attached hydrogens (tertiary/aromatic N) is 1. The van der Waals surface area contributed by atoms with Crippen LogP contribution in [0.3, 0.4) is 0 Å². The zero-order chi connectivity index (χ0) is 15.4. The SMILES string of the molecule is COc1cc(OC)c(C2CCN(CI)C2CO)c(OC)c1. The number of rotatable bonds is 6. The maximum Gasteiger partial charge on any atom is 0.129 e. The first-order valence-corrected chi connectivity index (χ1v) is 8.43. The summed E-state index contributed by atoms with van der Waals surface area (Å²) in [5, 5.41) is 9.78. The lowest BCUT2D eigenvalue weighted by Gasteiger charge is -2.27. The van der Waals surface area contributed by atoms with E-state index in [4.69, 9.17) is 14.2 Å². The van der Waals surface area contributed by atoms with Gasteiger partial charge in [0.15, 0.2) is 0 Å². The fourth-order valence-electron chi connectivity index (χ4n) is 3.04. The molecule has 0 bridgehead atoms. The molecule has 1 heterocycles. The molecule has 2 rings (SSSR count). The van der Waals surface area contributed by atoms with Crippen molar-refractivity contribution < 1.29 is 19.3 Å². The molecule has 118 valence electrons. The number of halogens is 1. The van der Waals surface area contributed by atoms with Crippen molar-refractivity contribution in [1.82, 2.24) is 4.90 Å². The number of aliphatic hydroxyl groups excluding tert-OH is 1. The normalized spacial score (nSPS) is 22.3. The number of ether oxygens (including phenoxy) is 3. The van der Waals surface area contributed by atoms with Gasteiger partial charge >= 0.3 is 0 Å². The van der Waals surface area contributed by atoms with Gasteiger partial charge in [-0.15, -0.1) is 0 Å². The van der Waals surface area contributed by atoms with Gasteiger partial charge in [0.2, 0.25) is 0 Å². The summed E-state index contributed by atoms with van der Waals surface area (Å²) in [4.78, 5) is 2.29. The summed E-state index contributed by atoms with van der Waals surface area (Å²) >= 11 is 2.34. The molecule has 21 heavy (non-hydrogen) atoms. The zero-order valence-corrected chi connectivity index (χ0v) is 14.8. The third-order valence-corrected chi connectivity index (χ3v) is 5.00. The molecule has 0 amide bonds. The van der Waals surface area contributed by atoms with Crippen LogP contribution in [0.15, 0.2) is 12.1 Å². The van der Waals surface area contributed by atoms with Crippen LogP contribution in [0, 0.1) is 0 Å². The van der Waals surface area contributed by atoms with Gasteiger partial charge in [0.05, 0.1) is 32.5 Å². The second-order valence-corrected chi connectivity index (χ2v) is 5.70. The molecule has 1 fully saturated rings. The number of aliphatic hydroxyl groups is 1. The van der Waals surface area contributed by atoms with Crippen molar-refractivity contribution in [2.75, 3.05) is 39.0 Å². The quantitative estimate of drug-likeness (QED) is 0.446. The first-order chi connectivity index (χ1) is 10.2. The van der Waals surface area contributed by atoms with Crippen LogP contribution in [0.1, 0.15) is 17.9 Å². The molecule has 5 nitrogen and oxygen atoms in total. The Kier molecular flexibility index (Phi) is 5.95. The molecule has 0 saturated carbocycles. The molecule has 6 heteroatoms. The highest BCUT2D eigenvalue weighted by Crippen LogP contribution is 2.45. The number of likely N-dealkylation sites (tertiary alicyclic amines) is 1. The van der Waals surface area contributed by atoms with Gasteiger partial charge < -0.3 is 19.3 Å². The predicted octanol–water partition coefficient (Wildman–Crippen LogP) is 2.26. The predicted molar refractivity (Wildman–Crippen MR) is 89.9 cm³/mol. The minimum Gasteiger partial charge on any atom is -0.496 e. The smallest absolute Gasteiger partial charge is 0.129 e. The molecule has 0 aromatic heterocycles. The largest absolute Gasteiger partial charge is 0.496 e. The summed E-state index contributed by atoms with van der Waals surface area (Å²) in [5.74, 6) is 2.41. The lowest BCUT2D eigenvalue weighted by molar-refractivity contribution is 0.168. The van der Waals surface area contributed by atoms with Gasteiger partial charge in [-0.05, 0) is 13.0 Å². The number of hydrogen-bond acceptors (Lipinski definition) is 5. The molecule has 1 aromatic carbocycles. The molecule has 1 aliphatic heterocycles. The Bertz CT molecular complexity index is 458. The molecular formula is C15H22INO4. The van der Waals surface area contributed by atoms with E-state index in [0.717, 1.165) is 34.6 Å². The fraction of sp³-hybridized carbons (Fsp3) is 0.600. The zero-order valence-electron chi connectivity index (χ0n) is 12.6. The van der Waals surface area contributed by atoms with Crippen LogP contribution in [0.25, 0.3) is 0 Å². The average Bonchev–Trinajstić information content (AvgIpc) is 2.95. The van der Waals surface area contributed by atoms with Crippen LogP contribution in [0.5, 0.6) is 17.2 Å². The van der Waals surface area contributed by atoms with Crippen molar-refractivity contribution in [2.24, 2.45) is 0 Å². The highest BCUT2D eigenvalue weighted by molar-refractivity contribution is 14.1. The minimum atomic E-state index is 0.0955. The van der Waals surface area contributed by atoms with Gasteiger partial charge in [0.1, 0.15) is 17.2 Å². The van der Waals surface area contributed by atoms with Gasteiger partial charge in [0.25, 0.3) is 0 Å². The molecule has 1 aliphatic rings. The van der Waals surface area contributed by atoms with Crippen LogP contribution in [-0.2, 0) is 0 Å². The minimum absolute atomic E-state index is 0.0955.